The summed E-state index contributed by atoms with van der Waals surface area (Å²) >= 11 is 0. The summed E-state index contributed by atoms with van der Waals surface area (Å²) in [5, 5.41) is 9.58. The number of carbonyl (C=O) groups is 1. The van der Waals surface area contributed by atoms with Crippen LogP contribution < -0.4 is 20.7 Å². The van der Waals surface area contributed by atoms with Crippen LogP contribution in [0.5, 0.6) is 5.75 Å². The number of anilines is 1. The minimum absolute atomic E-state index is 0. The van der Waals surface area contributed by atoms with Crippen molar-refractivity contribution in [2.45, 2.75) is 33.2 Å². The molecule has 0 saturated heterocycles. The van der Waals surface area contributed by atoms with Crippen molar-refractivity contribution in [1.82, 2.24) is 10.6 Å². The van der Waals surface area contributed by atoms with Gasteiger partial charge in [-0.15, -0.1) is 24.0 Å². The fourth-order valence-electron chi connectivity index (χ4n) is 2.97. The largest absolute Gasteiger partial charge is 0.496 e. The summed E-state index contributed by atoms with van der Waals surface area (Å²) in [6, 6.07) is 15.9. The third-order valence-electron chi connectivity index (χ3n) is 4.37. The molecule has 0 saturated carbocycles. The van der Waals surface area contributed by atoms with Crippen LogP contribution in [0, 0.1) is 5.92 Å². The van der Waals surface area contributed by atoms with Crippen molar-refractivity contribution in [3.8, 4) is 5.75 Å². The minimum atomic E-state index is 0. The molecule has 3 N–H and O–H groups in total. The Hall–Kier alpha value is -2.29. The second-order valence-electron chi connectivity index (χ2n) is 7.26. The summed E-state index contributed by atoms with van der Waals surface area (Å²) in [5.41, 5.74) is 3.04. The van der Waals surface area contributed by atoms with Gasteiger partial charge in [0.25, 0.3) is 0 Å². The fourth-order valence-corrected chi connectivity index (χ4v) is 2.97. The molecule has 2 rings (SSSR count). The predicted molar refractivity (Wildman–Crippen MR) is 135 cm³/mol. The Morgan fingerprint density at radius 3 is 2.57 bits per heavy atom. The van der Waals surface area contributed by atoms with Gasteiger partial charge in [0.05, 0.1) is 7.11 Å². The van der Waals surface area contributed by atoms with Gasteiger partial charge in [-0.1, -0.05) is 44.2 Å². The molecule has 2 aromatic rings. The number of methoxy groups -OCH3 is 1. The van der Waals surface area contributed by atoms with Crippen molar-refractivity contribution in [3.63, 3.8) is 0 Å². The standard InChI is InChI=1S/C23H32N4O2.HI/c1-17(2)14-22(28)27-20-10-7-8-18(15-20)16-26-23(24-3)25-13-12-19-9-5-6-11-21(19)29-4;/h5-11,15,17H,12-14,16H2,1-4H3,(H,27,28)(H2,24,25,26);1H. The number of guanidine groups is 1. The molecule has 0 bridgehead atoms. The van der Waals surface area contributed by atoms with Crippen molar-refractivity contribution >= 4 is 41.5 Å². The number of carbonyl (C=O) groups excluding carboxylic acids is 1. The first kappa shape index (κ1) is 25.7. The maximum atomic E-state index is 12.0. The molecule has 6 nitrogen and oxygen atoms in total. The van der Waals surface area contributed by atoms with Crippen LogP contribution in [-0.4, -0.2) is 32.6 Å². The monoisotopic (exact) mass is 524 g/mol. The van der Waals surface area contributed by atoms with Crippen LogP contribution in [-0.2, 0) is 17.8 Å². The Bertz CT molecular complexity index is 824. The summed E-state index contributed by atoms with van der Waals surface area (Å²) in [7, 11) is 3.44. The molecule has 0 unspecified atom stereocenters. The van der Waals surface area contributed by atoms with Gasteiger partial charge in [-0.25, -0.2) is 0 Å². The Labute approximate surface area is 196 Å². The van der Waals surface area contributed by atoms with E-state index in [1.807, 2.05) is 56.3 Å². The molecule has 0 aliphatic rings. The number of nitrogens with zero attached hydrogens (tertiary/aromatic N) is 1. The lowest BCUT2D eigenvalue weighted by Crippen LogP contribution is -2.37. The van der Waals surface area contributed by atoms with Crippen molar-refractivity contribution < 1.29 is 9.53 Å². The zero-order valence-electron chi connectivity index (χ0n) is 18.2. The van der Waals surface area contributed by atoms with Gasteiger partial charge in [0.2, 0.25) is 5.91 Å². The van der Waals surface area contributed by atoms with E-state index in [1.165, 1.54) is 0 Å². The molecular formula is C23H33IN4O2. The summed E-state index contributed by atoms with van der Waals surface area (Å²) in [5.74, 6) is 2.01. The topological polar surface area (TPSA) is 74.8 Å². The first-order valence-corrected chi connectivity index (χ1v) is 9.97. The second-order valence-corrected chi connectivity index (χ2v) is 7.26. The lowest BCUT2D eigenvalue weighted by molar-refractivity contribution is -0.116. The number of rotatable bonds is 9. The van der Waals surface area contributed by atoms with E-state index < -0.39 is 0 Å². The molecule has 0 aliphatic carbocycles. The normalized spacial score (nSPS) is 10.9. The molecule has 7 heteroatoms. The quantitative estimate of drug-likeness (QED) is 0.261. The highest BCUT2D eigenvalue weighted by Gasteiger charge is 2.06. The van der Waals surface area contributed by atoms with E-state index in [-0.39, 0.29) is 29.9 Å². The van der Waals surface area contributed by atoms with E-state index in [2.05, 4.69) is 27.0 Å². The van der Waals surface area contributed by atoms with Gasteiger partial charge in [-0.05, 0) is 41.7 Å². The number of hydrogen-bond donors (Lipinski definition) is 3. The van der Waals surface area contributed by atoms with Gasteiger partial charge in [-0.2, -0.15) is 0 Å². The molecule has 164 valence electrons. The maximum Gasteiger partial charge on any atom is 0.224 e. The summed E-state index contributed by atoms with van der Waals surface area (Å²) in [4.78, 5) is 16.2. The van der Waals surface area contributed by atoms with E-state index >= 15 is 0 Å². The van der Waals surface area contributed by atoms with Gasteiger partial charge in [0.15, 0.2) is 5.96 Å². The number of hydrogen-bond acceptors (Lipinski definition) is 3. The number of ether oxygens (including phenoxy) is 1. The SMILES string of the molecule is CN=C(NCCc1ccccc1OC)NCc1cccc(NC(=O)CC(C)C)c1.I. The summed E-state index contributed by atoms with van der Waals surface area (Å²) in [6.45, 7) is 5.42. The molecule has 30 heavy (non-hydrogen) atoms. The number of benzene rings is 2. The van der Waals surface area contributed by atoms with Crippen LogP contribution in [0.25, 0.3) is 0 Å². The molecule has 1 amide bonds. The number of halogens is 1. The summed E-state index contributed by atoms with van der Waals surface area (Å²) in [6.07, 6.45) is 1.35. The fraction of sp³-hybridized carbons (Fsp3) is 0.391. The van der Waals surface area contributed by atoms with Crippen molar-refractivity contribution in [3.05, 3.63) is 59.7 Å². The van der Waals surface area contributed by atoms with Crippen LogP contribution in [0.15, 0.2) is 53.5 Å². The molecule has 0 radical (unpaired) electrons. The average molecular weight is 524 g/mol. The first-order valence-electron chi connectivity index (χ1n) is 9.97. The molecular weight excluding hydrogens is 491 g/mol. The van der Waals surface area contributed by atoms with E-state index in [0.29, 0.717) is 18.9 Å². The Morgan fingerprint density at radius 1 is 1.10 bits per heavy atom. The van der Waals surface area contributed by atoms with Crippen molar-refractivity contribution in [1.29, 1.82) is 0 Å². The molecule has 0 aromatic heterocycles. The lowest BCUT2D eigenvalue weighted by Gasteiger charge is -2.14. The van der Waals surface area contributed by atoms with E-state index in [0.717, 1.165) is 41.5 Å². The third-order valence-corrected chi connectivity index (χ3v) is 4.37. The zero-order valence-corrected chi connectivity index (χ0v) is 20.5. The van der Waals surface area contributed by atoms with Gasteiger partial charge in [-0.3, -0.25) is 9.79 Å². The highest BCUT2D eigenvalue weighted by molar-refractivity contribution is 14.0. The van der Waals surface area contributed by atoms with E-state index in [1.54, 1.807) is 14.2 Å². The number of nitrogens with one attached hydrogen (secondary N) is 3. The van der Waals surface area contributed by atoms with Crippen molar-refractivity contribution in [2.24, 2.45) is 10.9 Å². The molecule has 0 heterocycles. The van der Waals surface area contributed by atoms with E-state index in [4.69, 9.17) is 4.74 Å². The molecule has 2 aromatic carbocycles. The van der Waals surface area contributed by atoms with Crippen LogP contribution in [0.3, 0.4) is 0 Å². The molecule has 0 spiro atoms. The number of aliphatic imine (C=N–C) groups is 1. The van der Waals surface area contributed by atoms with E-state index in [9.17, 15) is 4.79 Å². The number of para-hydroxylation sites is 1. The van der Waals surface area contributed by atoms with Gasteiger partial charge in [0, 0.05) is 32.2 Å². The van der Waals surface area contributed by atoms with Gasteiger partial charge < -0.3 is 20.7 Å². The Balaban J connectivity index is 0.00000450. The highest BCUT2D eigenvalue weighted by Crippen LogP contribution is 2.17. The summed E-state index contributed by atoms with van der Waals surface area (Å²) < 4.78 is 5.39. The van der Waals surface area contributed by atoms with Crippen molar-refractivity contribution in [2.75, 3.05) is 26.0 Å². The van der Waals surface area contributed by atoms with Crippen LogP contribution in [0.2, 0.25) is 0 Å². The minimum Gasteiger partial charge on any atom is -0.496 e. The lowest BCUT2D eigenvalue weighted by atomic mass is 10.1. The molecule has 0 aliphatic heterocycles. The van der Waals surface area contributed by atoms with Gasteiger partial charge in [0.1, 0.15) is 5.75 Å². The smallest absolute Gasteiger partial charge is 0.224 e. The third kappa shape index (κ3) is 9.02. The van der Waals surface area contributed by atoms with Crippen LogP contribution in [0.1, 0.15) is 31.4 Å². The van der Waals surface area contributed by atoms with Gasteiger partial charge >= 0.3 is 0 Å². The predicted octanol–water partition coefficient (Wildman–Crippen LogP) is 4.21. The maximum absolute atomic E-state index is 12.0. The molecule has 0 atom stereocenters. The Morgan fingerprint density at radius 2 is 1.87 bits per heavy atom. The van der Waals surface area contributed by atoms with Crippen LogP contribution in [0.4, 0.5) is 5.69 Å². The van der Waals surface area contributed by atoms with Crippen LogP contribution >= 0.6 is 24.0 Å². The zero-order chi connectivity index (χ0) is 21.1. The Kier molecular flexibility index (Phi) is 11.9. The highest BCUT2D eigenvalue weighted by atomic mass is 127. The average Bonchev–Trinajstić information content (AvgIpc) is 2.70. The molecule has 0 fully saturated rings. The second kappa shape index (κ2) is 13.8. The number of amides is 1. The first-order chi connectivity index (χ1) is 14.0.